The Morgan fingerprint density at radius 2 is 2.12 bits per heavy atom. The van der Waals surface area contributed by atoms with Crippen LogP contribution in [0, 0.1) is 0 Å². The van der Waals surface area contributed by atoms with Gasteiger partial charge in [0.1, 0.15) is 12.1 Å². The summed E-state index contributed by atoms with van der Waals surface area (Å²) in [5, 5.41) is 11.5. The first-order valence-corrected chi connectivity index (χ1v) is 8.93. The van der Waals surface area contributed by atoms with Gasteiger partial charge in [0.2, 0.25) is 5.91 Å². The second-order valence-electron chi connectivity index (χ2n) is 5.66. The highest BCUT2D eigenvalue weighted by atomic mass is 32.2. The first-order chi connectivity index (χ1) is 12.1. The van der Waals surface area contributed by atoms with Crippen LogP contribution in [0.1, 0.15) is 24.4 Å². The number of aromatic nitrogens is 3. The zero-order valence-electron chi connectivity index (χ0n) is 13.4. The van der Waals surface area contributed by atoms with Gasteiger partial charge in [-0.05, 0) is 37.0 Å². The van der Waals surface area contributed by atoms with Crippen LogP contribution in [0.5, 0.6) is 5.75 Å². The van der Waals surface area contributed by atoms with Gasteiger partial charge < -0.3 is 14.6 Å². The monoisotopic (exact) mass is 368 g/mol. The van der Waals surface area contributed by atoms with Crippen molar-refractivity contribution in [2.75, 3.05) is 12.3 Å². The number of ether oxygens (including phenoxy) is 1. The Kier molecular flexibility index (Phi) is 5.85. The van der Waals surface area contributed by atoms with Gasteiger partial charge >= 0.3 is 6.61 Å². The second-order valence-corrected chi connectivity index (χ2v) is 6.61. The maximum absolute atomic E-state index is 12.1. The number of rotatable bonds is 9. The minimum absolute atomic E-state index is 0.0759. The molecular weight excluding hydrogens is 350 g/mol. The van der Waals surface area contributed by atoms with Gasteiger partial charge in [-0.25, -0.2) is 0 Å². The lowest BCUT2D eigenvalue weighted by molar-refractivity contribution is -0.118. The fraction of sp³-hybridized carbons (Fsp3) is 0.438. The summed E-state index contributed by atoms with van der Waals surface area (Å²) in [5.74, 6) is 0.332. The van der Waals surface area contributed by atoms with E-state index in [2.05, 4.69) is 20.3 Å². The Morgan fingerprint density at radius 3 is 2.80 bits per heavy atom. The number of alkyl halides is 2. The highest BCUT2D eigenvalue weighted by Crippen LogP contribution is 2.37. The lowest BCUT2D eigenvalue weighted by Gasteiger charge is -2.07. The minimum Gasteiger partial charge on any atom is -0.435 e. The normalized spacial score (nSPS) is 13.9. The molecule has 1 aromatic heterocycles. The SMILES string of the molecule is O=C(CSc1nncn1C1CC1)NCCc1ccc(OC(F)F)cc1. The van der Waals surface area contributed by atoms with Crippen molar-refractivity contribution in [2.24, 2.45) is 0 Å². The third-order valence-corrected chi connectivity index (χ3v) is 4.65. The van der Waals surface area contributed by atoms with Crippen molar-refractivity contribution in [3.63, 3.8) is 0 Å². The van der Waals surface area contributed by atoms with Crippen molar-refractivity contribution >= 4 is 17.7 Å². The predicted octanol–water partition coefficient (Wildman–Crippen LogP) is 2.67. The van der Waals surface area contributed by atoms with Crippen LogP contribution in [-0.4, -0.2) is 39.6 Å². The number of hydrogen-bond donors (Lipinski definition) is 1. The molecule has 1 N–H and O–H groups in total. The molecule has 1 heterocycles. The third kappa shape index (κ3) is 5.42. The molecule has 1 fully saturated rings. The van der Waals surface area contributed by atoms with Crippen LogP contribution in [0.2, 0.25) is 0 Å². The molecule has 1 saturated carbocycles. The molecule has 9 heteroatoms. The minimum atomic E-state index is -2.83. The molecule has 1 aliphatic carbocycles. The topological polar surface area (TPSA) is 69.0 Å². The summed E-state index contributed by atoms with van der Waals surface area (Å²) in [6, 6.07) is 6.87. The van der Waals surface area contributed by atoms with Crippen molar-refractivity contribution in [2.45, 2.75) is 37.1 Å². The molecule has 6 nitrogen and oxygen atoms in total. The third-order valence-electron chi connectivity index (χ3n) is 3.70. The van der Waals surface area contributed by atoms with Gasteiger partial charge in [0.15, 0.2) is 5.16 Å². The smallest absolute Gasteiger partial charge is 0.387 e. The first kappa shape index (κ1) is 17.7. The van der Waals surface area contributed by atoms with Crippen molar-refractivity contribution in [1.82, 2.24) is 20.1 Å². The maximum Gasteiger partial charge on any atom is 0.387 e. The molecule has 0 spiro atoms. The molecule has 25 heavy (non-hydrogen) atoms. The number of amides is 1. The Labute approximate surface area is 148 Å². The van der Waals surface area contributed by atoms with Gasteiger partial charge in [0.05, 0.1) is 5.75 Å². The van der Waals surface area contributed by atoms with E-state index in [0.29, 0.717) is 19.0 Å². The molecule has 1 amide bonds. The van der Waals surface area contributed by atoms with Crippen molar-refractivity contribution in [1.29, 1.82) is 0 Å². The number of nitrogens with zero attached hydrogens (tertiary/aromatic N) is 3. The van der Waals surface area contributed by atoms with Crippen molar-refractivity contribution < 1.29 is 18.3 Å². The zero-order chi connectivity index (χ0) is 17.6. The summed E-state index contributed by atoms with van der Waals surface area (Å²) in [6.07, 6.45) is 4.60. The van der Waals surface area contributed by atoms with Gasteiger partial charge in [0.25, 0.3) is 0 Å². The molecule has 0 aliphatic heterocycles. The number of hydrogen-bond acceptors (Lipinski definition) is 5. The van der Waals surface area contributed by atoms with Crippen LogP contribution in [0.3, 0.4) is 0 Å². The maximum atomic E-state index is 12.1. The summed E-state index contributed by atoms with van der Waals surface area (Å²) < 4.78 is 30.5. The summed E-state index contributed by atoms with van der Waals surface area (Å²) in [5.41, 5.74) is 0.933. The Morgan fingerprint density at radius 1 is 1.36 bits per heavy atom. The Balaban J connectivity index is 1.37. The fourth-order valence-corrected chi connectivity index (χ4v) is 3.12. The zero-order valence-corrected chi connectivity index (χ0v) is 14.2. The van der Waals surface area contributed by atoms with E-state index >= 15 is 0 Å². The Hall–Kier alpha value is -2.16. The molecule has 1 aromatic carbocycles. The van der Waals surface area contributed by atoms with Gasteiger partial charge in [-0.15, -0.1) is 10.2 Å². The largest absolute Gasteiger partial charge is 0.435 e. The van der Waals surface area contributed by atoms with Gasteiger partial charge in [-0.1, -0.05) is 23.9 Å². The van der Waals surface area contributed by atoms with E-state index in [1.165, 1.54) is 23.9 Å². The van der Waals surface area contributed by atoms with E-state index in [4.69, 9.17) is 0 Å². The van der Waals surface area contributed by atoms with Crippen molar-refractivity contribution in [3.8, 4) is 5.75 Å². The van der Waals surface area contributed by atoms with Crippen LogP contribution in [-0.2, 0) is 11.2 Å². The van der Waals surface area contributed by atoms with E-state index < -0.39 is 6.61 Å². The number of benzene rings is 1. The lowest BCUT2D eigenvalue weighted by atomic mass is 10.1. The highest BCUT2D eigenvalue weighted by molar-refractivity contribution is 7.99. The molecule has 0 saturated heterocycles. The van der Waals surface area contributed by atoms with Crippen LogP contribution in [0.15, 0.2) is 35.7 Å². The summed E-state index contributed by atoms with van der Waals surface area (Å²) in [4.78, 5) is 11.9. The summed E-state index contributed by atoms with van der Waals surface area (Å²) in [7, 11) is 0. The van der Waals surface area contributed by atoms with E-state index in [0.717, 1.165) is 23.6 Å². The van der Waals surface area contributed by atoms with Crippen LogP contribution >= 0.6 is 11.8 Å². The van der Waals surface area contributed by atoms with Crippen LogP contribution in [0.4, 0.5) is 8.78 Å². The van der Waals surface area contributed by atoms with Gasteiger partial charge in [-0.2, -0.15) is 8.78 Å². The molecule has 0 radical (unpaired) electrons. The number of halogens is 2. The summed E-state index contributed by atoms with van der Waals surface area (Å²) in [6.45, 7) is -2.35. The quantitative estimate of drug-likeness (QED) is 0.689. The number of carbonyl (C=O) groups is 1. The molecule has 134 valence electrons. The van der Waals surface area contributed by atoms with E-state index in [1.54, 1.807) is 18.5 Å². The second kappa shape index (κ2) is 8.28. The molecule has 0 unspecified atom stereocenters. The average molecular weight is 368 g/mol. The summed E-state index contributed by atoms with van der Waals surface area (Å²) >= 11 is 1.37. The number of carbonyl (C=O) groups excluding carboxylic acids is 1. The average Bonchev–Trinajstić information content (AvgIpc) is 3.32. The molecule has 3 rings (SSSR count). The fourth-order valence-electron chi connectivity index (χ4n) is 2.30. The number of nitrogens with one attached hydrogen (secondary N) is 1. The molecule has 2 aromatic rings. The first-order valence-electron chi connectivity index (χ1n) is 7.94. The van der Waals surface area contributed by atoms with Crippen LogP contribution < -0.4 is 10.1 Å². The highest BCUT2D eigenvalue weighted by Gasteiger charge is 2.26. The molecule has 1 aliphatic rings. The molecular formula is C16H18F2N4O2S. The van der Waals surface area contributed by atoms with E-state index in [-0.39, 0.29) is 17.4 Å². The van der Waals surface area contributed by atoms with E-state index in [9.17, 15) is 13.6 Å². The lowest BCUT2D eigenvalue weighted by Crippen LogP contribution is -2.27. The van der Waals surface area contributed by atoms with Crippen LogP contribution in [0.25, 0.3) is 0 Å². The molecule has 0 atom stereocenters. The Bertz CT molecular complexity index is 704. The predicted molar refractivity (Wildman–Crippen MR) is 88.8 cm³/mol. The van der Waals surface area contributed by atoms with E-state index in [1.807, 2.05) is 4.57 Å². The molecule has 0 bridgehead atoms. The van der Waals surface area contributed by atoms with Gasteiger partial charge in [-0.3, -0.25) is 4.79 Å². The standard InChI is InChI=1S/C16H18F2N4O2S/c17-15(18)24-13-5-1-11(2-6-13)7-8-19-14(23)9-25-16-21-20-10-22(16)12-3-4-12/h1-2,5-6,10,12,15H,3-4,7-9H2,(H,19,23). The van der Waals surface area contributed by atoms with Gasteiger partial charge in [0, 0.05) is 12.6 Å². The number of thioether (sulfide) groups is 1. The van der Waals surface area contributed by atoms with Crippen molar-refractivity contribution in [3.05, 3.63) is 36.2 Å².